The molecule has 0 aliphatic rings. The number of hydrogen-bond acceptors (Lipinski definition) is 4. The highest BCUT2D eigenvalue weighted by molar-refractivity contribution is 9.10. The van der Waals surface area contributed by atoms with Gasteiger partial charge in [0.2, 0.25) is 5.75 Å². The number of rotatable bonds is 4. The SMILES string of the molecule is Cc1ccc([N+](=O)[O-])c(Oc2cc(Br)ccc2CN)c1. The first-order valence-electron chi connectivity index (χ1n) is 5.92. The van der Waals surface area contributed by atoms with Gasteiger partial charge in [0.25, 0.3) is 0 Å². The summed E-state index contributed by atoms with van der Waals surface area (Å²) in [6.07, 6.45) is 0. The van der Waals surface area contributed by atoms with Gasteiger partial charge in [0.15, 0.2) is 0 Å². The van der Waals surface area contributed by atoms with Crippen molar-refractivity contribution >= 4 is 21.6 Å². The Balaban J connectivity index is 2.46. The lowest BCUT2D eigenvalue weighted by Crippen LogP contribution is -2.00. The molecule has 0 fully saturated rings. The largest absolute Gasteiger partial charge is 0.450 e. The van der Waals surface area contributed by atoms with Gasteiger partial charge in [0.05, 0.1) is 4.92 Å². The molecule has 0 aliphatic heterocycles. The zero-order valence-corrected chi connectivity index (χ0v) is 12.4. The van der Waals surface area contributed by atoms with Crippen LogP contribution in [0, 0.1) is 17.0 Å². The number of nitrogens with two attached hydrogens (primary N) is 1. The first kappa shape index (κ1) is 14.5. The predicted octanol–water partition coefficient (Wildman–Crippen LogP) is 3.92. The summed E-state index contributed by atoms with van der Waals surface area (Å²) in [5.74, 6) is 0.721. The van der Waals surface area contributed by atoms with E-state index in [1.165, 1.54) is 6.07 Å². The van der Waals surface area contributed by atoms with Gasteiger partial charge in [-0.05, 0) is 30.7 Å². The normalized spacial score (nSPS) is 10.3. The average molecular weight is 337 g/mol. The van der Waals surface area contributed by atoms with E-state index in [2.05, 4.69) is 15.9 Å². The van der Waals surface area contributed by atoms with Crippen molar-refractivity contribution in [3.05, 3.63) is 62.1 Å². The maximum absolute atomic E-state index is 11.0. The Morgan fingerprint density at radius 2 is 2.00 bits per heavy atom. The molecule has 0 radical (unpaired) electrons. The maximum atomic E-state index is 11.0. The Hall–Kier alpha value is -1.92. The molecule has 0 aromatic heterocycles. The van der Waals surface area contributed by atoms with Crippen LogP contribution in [0.1, 0.15) is 11.1 Å². The zero-order valence-electron chi connectivity index (χ0n) is 10.8. The van der Waals surface area contributed by atoms with Gasteiger partial charge >= 0.3 is 5.69 Å². The Morgan fingerprint density at radius 1 is 1.25 bits per heavy atom. The second kappa shape index (κ2) is 6.02. The van der Waals surface area contributed by atoms with Gasteiger partial charge in [-0.2, -0.15) is 0 Å². The summed E-state index contributed by atoms with van der Waals surface area (Å²) in [5, 5.41) is 11.0. The summed E-state index contributed by atoms with van der Waals surface area (Å²) < 4.78 is 6.52. The predicted molar refractivity (Wildman–Crippen MR) is 79.9 cm³/mol. The lowest BCUT2D eigenvalue weighted by atomic mass is 10.2. The number of ether oxygens (including phenoxy) is 1. The molecule has 0 aliphatic carbocycles. The maximum Gasteiger partial charge on any atom is 0.311 e. The number of nitro groups is 1. The molecule has 0 spiro atoms. The van der Waals surface area contributed by atoms with E-state index < -0.39 is 4.92 Å². The fourth-order valence-electron chi connectivity index (χ4n) is 1.76. The van der Waals surface area contributed by atoms with Crippen molar-refractivity contribution in [2.24, 2.45) is 5.73 Å². The molecule has 5 nitrogen and oxygen atoms in total. The van der Waals surface area contributed by atoms with Crippen molar-refractivity contribution < 1.29 is 9.66 Å². The van der Waals surface area contributed by atoms with Crippen LogP contribution in [-0.2, 0) is 6.54 Å². The molecule has 0 heterocycles. The lowest BCUT2D eigenvalue weighted by Gasteiger charge is -2.11. The van der Waals surface area contributed by atoms with Gasteiger partial charge in [-0.3, -0.25) is 10.1 Å². The Labute approximate surface area is 124 Å². The van der Waals surface area contributed by atoms with Crippen molar-refractivity contribution in [3.63, 3.8) is 0 Å². The Kier molecular flexibility index (Phi) is 4.36. The van der Waals surface area contributed by atoms with E-state index in [1.54, 1.807) is 18.2 Å². The van der Waals surface area contributed by atoms with Gasteiger partial charge in [0.1, 0.15) is 5.75 Å². The van der Waals surface area contributed by atoms with Crippen LogP contribution < -0.4 is 10.5 Å². The minimum absolute atomic E-state index is 0.0708. The van der Waals surface area contributed by atoms with E-state index >= 15 is 0 Å². The summed E-state index contributed by atoms with van der Waals surface area (Å²) in [5.41, 5.74) is 7.25. The molecule has 0 atom stereocenters. The van der Waals surface area contributed by atoms with E-state index in [1.807, 2.05) is 19.1 Å². The molecule has 2 aromatic rings. The minimum atomic E-state index is -0.463. The van der Waals surface area contributed by atoms with Crippen LogP contribution in [-0.4, -0.2) is 4.92 Å². The molecular formula is C14H13BrN2O3. The van der Waals surface area contributed by atoms with E-state index in [4.69, 9.17) is 10.5 Å². The number of nitrogens with zero attached hydrogens (tertiary/aromatic N) is 1. The highest BCUT2D eigenvalue weighted by Crippen LogP contribution is 2.34. The van der Waals surface area contributed by atoms with Crippen LogP contribution in [0.5, 0.6) is 11.5 Å². The molecule has 2 N–H and O–H groups in total. The topological polar surface area (TPSA) is 78.4 Å². The second-order valence-electron chi connectivity index (χ2n) is 4.29. The van der Waals surface area contributed by atoms with Crippen LogP contribution in [0.15, 0.2) is 40.9 Å². The third-order valence-corrected chi connectivity index (χ3v) is 3.27. The molecule has 104 valence electrons. The standard InChI is InChI=1S/C14H13BrN2O3/c1-9-2-5-12(17(18)19)14(6-9)20-13-7-11(15)4-3-10(13)8-16/h2-7H,8,16H2,1H3. The molecule has 0 saturated heterocycles. The summed E-state index contributed by atoms with van der Waals surface area (Å²) >= 11 is 3.35. The first-order chi connectivity index (χ1) is 9.51. The van der Waals surface area contributed by atoms with E-state index in [0.717, 1.165) is 15.6 Å². The molecule has 0 unspecified atom stereocenters. The summed E-state index contributed by atoms with van der Waals surface area (Å²) in [4.78, 5) is 10.6. The third kappa shape index (κ3) is 3.15. The smallest absolute Gasteiger partial charge is 0.311 e. The molecule has 0 saturated carbocycles. The molecular weight excluding hydrogens is 324 g/mol. The summed E-state index contributed by atoms with van der Waals surface area (Å²) in [7, 11) is 0. The van der Waals surface area contributed by atoms with E-state index in [-0.39, 0.29) is 11.4 Å². The van der Waals surface area contributed by atoms with E-state index in [9.17, 15) is 10.1 Å². The Bertz CT molecular complexity index is 659. The van der Waals surface area contributed by atoms with Crippen LogP contribution >= 0.6 is 15.9 Å². The summed E-state index contributed by atoms with van der Waals surface area (Å²) in [6.45, 7) is 2.14. The number of hydrogen-bond donors (Lipinski definition) is 1. The second-order valence-corrected chi connectivity index (χ2v) is 5.20. The number of nitro benzene ring substituents is 1. The van der Waals surface area contributed by atoms with E-state index in [0.29, 0.717) is 12.3 Å². The van der Waals surface area contributed by atoms with Gasteiger partial charge in [-0.25, -0.2) is 0 Å². The highest BCUT2D eigenvalue weighted by Gasteiger charge is 2.17. The average Bonchev–Trinajstić information content (AvgIpc) is 2.38. The quantitative estimate of drug-likeness (QED) is 0.677. The molecule has 2 rings (SSSR count). The monoisotopic (exact) mass is 336 g/mol. The number of halogens is 1. The van der Waals surface area contributed by atoms with Gasteiger partial charge in [0, 0.05) is 22.6 Å². The fraction of sp³-hybridized carbons (Fsp3) is 0.143. The van der Waals surface area contributed by atoms with Crippen LogP contribution in [0.4, 0.5) is 5.69 Å². The van der Waals surface area contributed by atoms with Crippen molar-refractivity contribution in [2.75, 3.05) is 0 Å². The lowest BCUT2D eigenvalue weighted by molar-refractivity contribution is -0.385. The zero-order chi connectivity index (χ0) is 14.7. The number of benzene rings is 2. The van der Waals surface area contributed by atoms with Gasteiger partial charge < -0.3 is 10.5 Å². The van der Waals surface area contributed by atoms with Crippen molar-refractivity contribution in [1.82, 2.24) is 0 Å². The molecule has 0 bridgehead atoms. The van der Waals surface area contributed by atoms with Gasteiger partial charge in [-0.1, -0.05) is 28.1 Å². The van der Waals surface area contributed by atoms with Crippen LogP contribution in [0.25, 0.3) is 0 Å². The first-order valence-corrected chi connectivity index (χ1v) is 6.72. The molecule has 6 heteroatoms. The van der Waals surface area contributed by atoms with Crippen LogP contribution in [0.3, 0.4) is 0 Å². The van der Waals surface area contributed by atoms with Crippen molar-refractivity contribution in [2.45, 2.75) is 13.5 Å². The third-order valence-electron chi connectivity index (χ3n) is 2.78. The fourth-order valence-corrected chi connectivity index (χ4v) is 2.10. The summed E-state index contributed by atoms with van der Waals surface area (Å²) in [6, 6.07) is 10.2. The highest BCUT2D eigenvalue weighted by atomic mass is 79.9. The Morgan fingerprint density at radius 3 is 2.65 bits per heavy atom. The van der Waals surface area contributed by atoms with Crippen molar-refractivity contribution in [1.29, 1.82) is 0 Å². The number of aryl methyl sites for hydroxylation is 1. The van der Waals surface area contributed by atoms with Crippen LogP contribution in [0.2, 0.25) is 0 Å². The van der Waals surface area contributed by atoms with Gasteiger partial charge in [-0.15, -0.1) is 0 Å². The molecule has 20 heavy (non-hydrogen) atoms. The molecule has 0 amide bonds. The van der Waals surface area contributed by atoms with Crippen molar-refractivity contribution in [3.8, 4) is 11.5 Å². The molecule has 2 aromatic carbocycles. The minimum Gasteiger partial charge on any atom is -0.450 e.